The van der Waals surface area contributed by atoms with E-state index < -0.39 is 34.8 Å². The third kappa shape index (κ3) is 5.40. The summed E-state index contributed by atoms with van der Waals surface area (Å²) in [6.45, 7) is 0.330. The van der Waals surface area contributed by atoms with Crippen LogP contribution in [0.15, 0.2) is 53.7 Å². The second-order valence-electron chi connectivity index (χ2n) is 9.65. The summed E-state index contributed by atoms with van der Waals surface area (Å²) in [5, 5.41) is 2.59. The molecule has 0 radical (unpaired) electrons. The number of ether oxygens (including phenoxy) is 1. The number of benzene rings is 1. The molecule has 5 rings (SSSR count). The highest BCUT2D eigenvalue weighted by Crippen LogP contribution is 2.32. The van der Waals surface area contributed by atoms with Crippen molar-refractivity contribution in [1.29, 1.82) is 0 Å². The molecule has 1 saturated carbocycles. The van der Waals surface area contributed by atoms with Crippen molar-refractivity contribution in [3.8, 4) is 11.4 Å². The lowest BCUT2D eigenvalue weighted by Gasteiger charge is -2.29. The highest BCUT2D eigenvalue weighted by molar-refractivity contribution is 6.30. The summed E-state index contributed by atoms with van der Waals surface area (Å²) in [6.07, 6.45) is 1.34. The fourth-order valence-corrected chi connectivity index (χ4v) is 5.31. The van der Waals surface area contributed by atoms with Crippen LogP contribution in [0.25, 0.3) is 16.7 Å². The summed E-state index contributed by atoms with van der Waals surface area (Å²) in [5.74, 6) is -1.04. The lowest BCUT2D eigenvalue weighted by Crippen LogP contribution is -2.39. The lowest BCUT2D eigenvalue weighted by molar-refractivity contribution is -0.141. The molecule has 3 aromatic heterocycles. The van der Waals surface area contributed by atoms with Crippen molar-refractivity contribution in [2.45, 2.75) is 44.4 Å². The molecule has 0 atom stereocenters. The molecular formula is C27H24ClF4N5O3. The third-order valence-corrected chi connectivity index (χ3v) is 7.32. The Bertz CT molecular complexity index is 1630. The number of carbonyl (C=O) groups is 1. The van der Waals surface area contributed by atoms with Crippen LogP contribution in [0.1, 0.15) is 41.7 Å². The van der Waals surface area contributed by atoms with Gasteiger partial charge in [0.05, 0.1) is 40.6 Å². The van der Waals surface area contributed by atoms with Gasteiger partial charge in [-0.3, -0.25) is 18.9 Å². The smallest absolute Gasteiger partial charge is 0.434 e. The molecular weight excluding hydrogens is 554 g/mol. The number of imidazole rings is 1. The topological polar surface area (TPSA) is 91.0 Å². The van der Waals surface area contributed by atoms with Gasteiger partial charge in [0.1, 0.15) is 11.6 Å². The molecule has 3 heterocycles. The molecule has 1 amide bonds. The third-order valence-electron chi connectivity index (χ3n) is 7.12. The van der Waals surface area contributed by atoms with Crippen LogP contribution in [0.3, 0.4) is 0 Å². The standard InChI is InChI=1S/C27H24ClF4N5O3/c1-40-18-6-7-20(29)22(11-18)37-21-8-9-33-13-23(21)36(26(37)39)14-15-2-4-17(5-3-15)35-25(38)19-10-16(28)12-34-24(19)27(30,31)32/h6-13,15,17H,2-5,14H2,1H3,(H,35,38)/t15-,17-. The largest absolute Gasteiger partial charge is 0.497 e. The van der Waals surface area contributed by atoms with Crippen molar-refractivity contribution in [3.05, 3.63) is 81.5 Å². The number of hydrogen-bond acceptors (Lipinski definition) is 5. The zero-order valence-electron chi connectivity index (χ0n) is 21.2. The minimum Gasteiger partial charge on any atom is -0.497 e. The van der Waals surface area contributed by atoms with Crippen molar-refractivity contribution < 1.29 is 27.1 Å². The van der Waals surface area contributed by atoms with Crippen LogP contribution in [0, 0.1) is 11.7 Å². The maximum absolute atomic E-state index is 14.8. The van der Waals surface area contributed by atoms with E-state index >= 15 is 0 Å². The number of methoxy groups -OCH3 is 1. The number of pyridine rings is 2. The molecule has 8 nitrogen and oxygen atoms in total. The summed E-state index contributed by atoms with van der Waals surface area (Å²) < 4.78 is 62.9. The van der Waals surface area contributed by atoms with E-state index in [1.807, 2.05) is 0 Å². The normalized spacial score (nSPS) is 17.6. The number of aromatic nitrogens is 4. The first-order chi connectivity index (χ1) is 19.1. The van der Waals surface area contributed by atoms with Crippen LogP contribution >= 0.6 is 11.6 Å². The van der Waals surface area contributed by atoms with Gasteiger partial charge in [-0.1, -0.05) is 11.6 Å². The Morgan fingerprint density at radius 3 is 2.58 bits per heavy atom. The predicted molar refractivity (Wildman–Crippen MR) is 139 cm³/mol. The monoisotopic (exact) mass is 577 g/mol. The second-order valence-corrected chi connectivity index (χ2v) is 10.1. The zero-order valence-corrected chi connectivity index (χ0v) is 22.0. The fourth-order valence-electron chi connectivity index (χ4n) is 5.15. The highest BCUT2D eigenvalue weighted by atomic mass is 35.5. The van der Waals surface area contributed by atoms with Gasteiger partial charge in [-0.25, -0.2) is 14.2 Å². The van der Waals surface area contributed by atoms with E-state index in [1.165, 1.54) is 36.1 Å². The number of carbonyl (C=O) groups excluding carboxylic acids is 1. The molecule has 1 aromatic carbocycles. The van der Waals surface area contributed by atoms with E-state index in [4.69, 9.17) is 16.3 Å². The number of nitrogens with zero attached hydrogens (tertiary/aromatic N) is 4. The van der Waals surface area contributed by atoms with Crippen molar-refractivity contribution >= 4 is 28.5 Å². The number of halogens is 5. The quantitative estimate of drug-likeness (QED) is 0.310. The zero-order chi connectivity index (χ0) is 28.6. The van der Waals surface area contributed by atoms with Crippen LogP contribution in [0.5, 0.6) is 5.75 Å². The van der Waals surface area contributed by atoms with E-state index in [2.05, 4.69) is 15.3 Å². The van der Waals surface area contributed by atoms with Gasteiger partial charge in [0.15, 0.2) is 5.69 Å². The van der Waals surface area contributed by atoms with Gasteiger partial charge in [-0.05, 0) is 55.9 Å². The minimum atomic E-state index is -4.80. The van der Waals surface area contributed by atoms with E-state index in [0.717, 1.165) is 12.3 Å². The molecule has 4 aromatic rings. The molecule has 1 fully saturated rings. The summed E-state index contributed by atoms with van der Waals surface area (Å²) in [6, 6.07) is 6.40. The average molecular weight is 578 g/mol. The number of alkyl halides is 3. The van der Waals surface area contributed by atoms with Crippen molar-refractivity contribution in [3.63, 3.8) is 0 Å². The van der Waals surface area contributed by atoms with Gasteiger partial charge in [-0.2, -0.15) is 13.2 Å². The molecule has 1 aliphatic carbocycles. The number of fused-ring (bicyclic) bond motifs is 1. The van der Waals surface area contributed by atoms with E-state index in [1.54, 1.807) is 16.8 Å². The average Bonchev–Trinajstić information content (AvgIpc) is 3.20. The molecule has 210 valence electrons. The molecule has 0 unspecified atom stereocenters. The van der Waals surface area contributed by atoms with Crippen LogP contribution < -0.4 is 15.7 Å². The number of nitrogens with one attached hydrogen (secondary N) is 1. The van der Waals surface area contributed by atoms with Crippen LogP contribution in [-0.4, -0.2) is 38.2 Å². The Balaban J connectivity index is 1.33. The molecule has 0 spiro atoms. The van der Waals surface area contributed by atoms with E-state index in [-0.39, 0.29) is 22.7 Å². The van der Waals surface area contributed by atoms with Crippen molar-refractivity contribution in [1.82, 2.24) is 24.4 Å². The van der Waals surface area contributed by atoms with E-state index in [9.17, 15) is 27.2 Å². The Morgan fingerprint density at radius 1 is 1.12 bits per heavy atom. The maximum atomic E-state index is 14.8. The molecule has 0 bridgehead atoms. The highest BCUT2D eigenvalue weighted by Gasteiger charge is 2.38. The molecule has 13 heteroatoms. The summed E-state index contributed by atoms with van der Waals surface area (Å²) >= 11 is 5.80. The fraction of sp³-hybridized carbons (Fsp3) is 0.333. The molecule has 0 aliphatic heterocycles. The predicted octanol–water partition coefficient (Wildman–Crippen LogP) is 5.39. The Hall–Kier alpha value is -3.93. The molecule has 1 N–H and O–H groups in total. The van der Waals surface area contributed by atoms with Gasteiger partial charge in [-0.15, -0.1) is 0 Å². The molecule has 0 saturated heterocycles. The Morgan fingerprint density at radius 2 is 1.88 bits per heavy atom. The van der Waals surface area contributed by atoms with Crippen molar-refractivity contribution in [2.75, 3.05) is 7.11 Å². The van der Waals surface area contributed by atoms with E-state index in [0.29, 0.717) is 49.0 Å². The first kappa shape index (κ1) is 27.6. The van der Waals surface area contributed by atoms with Gasteiger partial charge in [0.25, 0.3) is 5.91 Å². The van der Waals surface area contributed by atoms with Gasteiger partial charge in [0, 0.05) is 31.0 Å². The van der Waals surface area contributed by atoms with Crippen LogP contribution in [-0.2, 0) is 12.7 Å². The first-order valence-corrected chi connectivity index (χ1v) is 12.9. The minimum absolute atomic E-state index is 0.0406. The summed E-state index contributed by atoms with van der Waals surface area (Å²) in [5.41, 5.74) is -1.26. The molecule has 1 aliphatic rings. The van der Waals surface area contributed by atoms with Gasteiger partial charge >= 0.3 is 11.9 Å². The van der Waals surface area contributed by atoms with Crippen LogP contribution in [0.2, 0.25) is 5.02 Å². The summed E-state index contributed by atoms with van der Waals surface area (Å²) in [7, 11) is 1.45. The second kappa shape index (κ2) is 10.9. The number of hydrogen-bond donors (Lipinski definition) is 1. The Labute approximate surface area is 230 Å². The van der Waals surface area contributed by atoms with Crippen LogP contribution in [0.4, 0.5) is 17.6 Å². The maximum Gasteiger partial charge on any atom is 0.434 e. The van der Waals surface area contributed by atoms with Crippen molar-refractivity contribution in [2.24, 2.45) is 5.92 Å². The number of rotatable bonds is 6. The number of amides is 1. The first-order valence-electron chi connectivity index (χ1n) is 12.5. The Kier molecular flexibility index (Phi) is 7.54. The molecule has 40 heavy (non-hydrogen) atoms. The van der Waals surface area contributed by atoms with Gasteiger partial charge < -0.3 is 10.1 Å². The van der Waals surface area contributed by atoms with Gasteiger partial charge in [0.2, 0.25) is 0 Å². The lowest BCUT2D eigenvalue weighted by atomic mass is 9.85. The SMILES string of the molecule is COc1ccc(F)c(-n2c(=O)n(C[C@H]3CC[C@H](NC(=O)c4cc(Cl)cnc4C(F)(F)F)CC3)c3cnccc32)c1. The summed E-state index contributed by atoms with van der Waals surface area (Å²) in [4.78, 5) is 33.7.